The Morgan fingerprint density at radius 3 is 2.48 bits per heavy atom. The average molecular weight is 421 g/mol. The van der Waals surface area contributed by atoms with Crippen LogP contribution >= 0.6 is 0 Å². The number of carbonyl (C=O) groups excluding carboxylic acids is 3. The molecular weight excluding hydrogens is 398 g/mol. The number of carboxylic acids is 1. The average Bonchev–Trinajstić information content (AvgIpc) is 3.37. The summed E-state index contributed by atoms with van der Waals surface area (Å²) in [5.74, 6) is -2.18. The van der Waals surface area contributed by atoms with E-state index in [4.69, 9.17) is 0 Å². The van der Waals surface area contributed by atoms with Gasteiger partial charge < -0.3 is 20.2 Å². The topological polar surface area (TPSA) is 107 Å². The van der Waals surface area contributed by atoms with Gasteiger partial charge in [0.15, 0.2) is 0 Å². The van der Waals surface area contributed by atoms with Crippen LogP contribution in [-0.4, -0.2) is 57.7 Å². The van der Waals surface area contributed by atoms with Crippen molar-refractivity contribution in [3.63, 3.8) is 0 Å². The molecule has 0 aromatic heterocycles. The number of hydrogen-bond acceptors (Lipinski definition) is 4. The lowest BCUT2D eigenvalue weighted by atomic mass is 10.0. The van der Waals surface area contributed by atoms with Gasteiger partial charge in [0.2, 0.25) is 11.8 Å². The smallest absolute Gasteiger partial charge is 0.326 e. The zero-order valence-electron chi connectivity index (χ0n) is 16.9. The number of carbonyl (C=O) groups is 4. The van der Waals surface area contributed by atoms with Gasteiger partial charge >= 0.3 is 5.97 Å². The number of nitrogens with one attached hydrogen (secondary N) is 1. The third-order valence-corrected chi connectivity index (χ3v) is 5.77. The Morgan fingerprint density at radius 2 is 1.74 bits per heavy atom. The quantitative estimate of drug-likeness (QED) is 0.736. The summed E-state index contributed by atoms with van der Waals surface area (Å²) in [7, 11) is 0. The van der Waals surface area contributed by atoms with Crippen molar-refractivity contribution in [2.75, 3.05) is 13.1 Å². The van der Waals surface area contributed by atoms with Crippen LogP contribution in [0.3, 0.4) is 0 Å². The number of aliphatic carboxylic acids is 1. The number of amides is 3. The van der Waals surface area contributed by atoms with Crippen LogP contribution in [0.25, 0.3) is 0 Å². The number of hydrogen-bond donors (Lipinski definition) is 2. The molecule has 1 fully saturated rings. The predicted molar refractivity (Wildman–Crippen MR) is 111 cm³/mol. The van der Waals surface area contributed by atoms with Crippen molar-refractivity contribution < 1.29 is 24.3 Å². The molecular formula is C23H23N3O5. The predicted octanol–water partition coefficient (Wildman–Crippen LogP) is 1.58. The van der Waals surface area contributed by atoms with E-state index >= 15 is 0 Å². The molecule has 8 heteroatoms. The Labute approximate surface area is 179 Å². The lowest BCUT2D eigenvalue weighted by molar-refractivity contribution is -0.148. The maximum atomic E-state index is 13.1. The maximum absolute atomic E-state index is 13.1. The molecule has 8 nitrogen and oxygen atoms in total. The number of benzene rings is 2. The molecule has 2 aromatic rings. The summed E-state index contributed by atoms with van der Waals surface area (Å²) in [6, 6.07) is 14.6. The van der Waals surface area contributed by atoms with Crippen molar-refractivity contribution in [3.8, 4) is 0 Å². The highest BCUT2D eigenvalue weighted by Crippen LogP contribution is 2.35. The normalized spacial score (nSPS) is 19.9. The number of carboxylic acid groups (broad SMARTS) is 1. The highest BCUT2D eigenvalue weighted by molar-refractivity contribution is 6.05. The van der Waals surface area contributed by atoms with Crippen LogP contribution in [0.15, 0.2) is 54.6 Å². The van der Waals surface area contributed by atoms with E-state index in [9.17, 15) is 24.3 Å². The summed E-state index contributed by atoms with van der Waals surface area (Å²) in [5.41, 5.74) is 1.95. The van der Waals surface area contributed by atoms with Crippen LogP contribution in [0.5, 0.6) is 0 Å². The van der Waals surface area contributed by atoms with Crippen molar-refractivity contribution in [1.82, 2.24) is 15.1 Å². The first-order chi connectivity index (χ1) is 15.0. The molecule has 0 radical (unpaired) electrons. The minimum absolute atomic E-state index is 0.239. The minimum Gasteiger partial charge on any atom is -0.480 e. The summed E-state index contributed by atoms with van der Waals surface area (Å²) in [6.07, 6.45) is 1.02. The molecule has 1 saturated heterocycles. The largest absolute Gasteiger partial charge is 0.480 e. The molecule has 160 valence electrons. The van der Waals surface area contributed by atoms with Crippen LogP contribution in [-0.2, 0) is 20.9 Å². The van der Waals surface area contributed by atoms with E-state index in [2.05, 4.69) is 5.32 Å². The van der Waals surface area contributed by atoms with Crippen LogP contribution in [0.2, 0.25) is 0 Å². The van der Waals surface area contributed by atoms with Crippen molar-refractivity contribution in [2.24, 2.45) is 0 Å². The van der Waals surface area contributed by atoms with E-state index < -0.39 is 29.9 Å². The van der Waals surface area contributed by atoms with Crippen molar-refractivity contribution >= 4 is 23.7 Å². The molecule has 4 rings (SSSR count). The molecule has 2 aromatic carbocycles. The van der Waals surface area contributed by atoms with E-state index in [-0.39, 0.29) is 19.0 Å². The standard InChI is InChI=1S/C23H23N3O5/c27-19(25-12-6-11-18(25)23(30)31)13-24-21(28)20-16-9-4-5-10-17(16)22(29)26(20)14-15-7-2-1-3-8-15/h1-5,7-10,18,20H,6,11-14H2,(H,24,28)(H,30,31). The van der Waals surface area contributed by atoms with Gasteiger partial charge in [0.05, 0.1) is 6.54 Å². The Morgan fingerprint density at radius 1 is 1.03 bits per heavy atom. The summed E-state index contributed by atoms with van der Waals surface area (Å²) in [4.78, 5) is 52.7. The van der Waals surface area contributed by atoms with Crippen molar-refractivity contribution in [1.29, 1.82) is 0 Å². The summed E-state index contributed by atoms with van der Waals surface area (Å²) >= 11 is 0. The minimum atomic E-state index is -1.04. The first-order valence-electron chi connectivity index (χ1n) is 10.2. The highest BCUT2D eigenvalue weighted by Gasteiger charge is 2.41. The molecule has 3 amide bonds. The fourth-order valence-electron chi connectivity index (χ4n) is 4.28. The number of nitrogens with zero attached hydrogens (tertiary/aromatic N) is 2. The Bertz CT molecular complexity index is 1020. The number of rotatable bonds is 6. The van der Waals surface area contributed by atoms with Gasteiger partial charge in [0.25, 0.3) is 5.91 Å². The van der Waals surface area contributed by atoms with Crippen molar-refractivity contribution in [2.45, 2.75) is 31.5 Å². The molecule has 2 aliphatic heterocycles. The lowest BCUT2D eigenvalue weighted by Crippen LogP contribution is -2.47. The van der Waals surface area contributed by atoms with E-state index in [1.54, 1.807) is 24.3 Å². The molecule has 0 bridgehead atoms. The summed E-state index contributed by atoms with van der Waals surface area (Å²) in [5, 5.41) is 11.9. The SMILES string of the molecule is O=C(O)C1CCCN1C(=O)CNC(=O)C1c2ccccc2C(=O)N1Cc1ccccc1. The Kier molecular flexibility index (Phi) is 5.70. The van der Waals surface area contributed by atoms with Gasteiger partial charge in [0, 0.05) is 18.7 Å². The second kappa shape index (κ2) is 8.59. The Hall–Kier alpha value is -3.68. The number of fused-ring (bicyclic) bond motifs is 1. The molecule has 2 heterocycles. The fraction of sp³-hybridized carbons (Fsp3) is 0.304. The van der Waals surface area contributed by atoms with Crippen LogP contribution in [0.1, 0.15) is 40.4 Å². The summed E-state index contributed by atoms with van der Waals surface area (Å²) in [6.45, 7) is 0.304. The number of likely N-dealkylation sites (tertiary alicyclic amines) is 1. The second-order valence-electron chi connectivity index (χ2n) is 7.71. The van der Waals surface area contributed by atoms with Gasteiger partial charge in [0.1, 0.15) is 12.1 Å². The molecule has 0 saturated carbocycles. The molecule has 0 spiro atoms. The van der Waals surface area contributed by atoms with Gasteiger partial charge in [-0.3, -0.25) is 14.4 Å². The van der Waals surface area contributed by atoms with E-state index in [1.807, 2.05) is 30.3 Å². The van der Waals surface area contributed by atoms with Gasteiger partial charge in [-0.2, -0.15) is 0 Å². The molecule has 2 aliphatic rings. The monoisotopic (exact) mass is 421 g/mol. The lowest BCUT2D eigenvalue weighted by Gasteiger charge is -2.26. The Balaban J connectivity index is 1.51. The van der Waals surface area contributed by atoms with Gasteiger partial charge in [-0.05, 0) is 30.0 Å². The molecule has 2 unspecified atom stereocenters. The van der Waals surface area contributed by atoms with Crippen molar-refractivity contribution in [3.05, 3.63) is 71.3 Å². The molecule has 0 aliphatic carbocycles. The molecule has 2 N–H and O–H groups in total. The summed E-state index contributed by atoms with van der Waals surface area (Å²) < 4.78 is 0. The molecule has 2 atom stereocenters. The molecule has 31 heavy (non-hydrogen) atoms. The zero-order valence-corrected chi connectivity index (χ0v) is 16.9. The maximum Gasteiger partial charge on any atom is 0.326 e. The van der Waals surface area contributed by atoms with Gasteiger partial charge in [-0.1, -0.05) is 48.5 Å². The van der Waals surface area contributed by atoms with Crippen LogP contribution in [0.4, 0.5) is 0 Å². The van der Waals surface area contributed by atoms with E-state index in [0.29, 0.717) is 30.5 Å². The third-order valence-electron chi connectivity index (χ3n) is 5.77. The van der Waals surface area contributed by atoms with Crippen LogP contribution < -0.4 is 5.32 Å². The van der Waals surface area contributed by atoms with Crippen LogP contribution in [0, 0.1) is 0 Å². The highest BCUT2D eigenvalue weighted by atomic mass is 16.4. The van der Waals surface area contributed by atoms with Gasteiger partial charge in [-0.15, -0.1) is 0 Å². The van der Waals surface area contributed by atoms with E-state index in [1.165, 1.54) is 9.80 Å². The fourth-order valence-corrected chi connectivity index (χ4v) is 4.28. The third kappa shape index (κ3) is 4.01. The first-order valence-corrected chi connectivity index (χ1v) is 10.2. The van der Waals surface area contributed by atoms with Gasteiger partial charge in [-0.25, -0.2) is 4.79 Å². The first kappa shape index (κ1) is 20.6. The zero-order chi connectivity index (χ0) is 22.0. The second-order valence-corrected chi connectivity index (χ2v) is 7.71. The van der Waals surface area contributed by atoms with E-state index in [0.717, 1.165) is 5.56 Å².